The molecule has 27 heavy (non-hydrogen) atoms. The Hall–Kier alpha value is 0.230. The van der Waals surface area contributed by atoms with Crippen LogP contribution in [0.25, 0.3) is 0 Å². The van der Waals surface area contributed by atoms with Crippen LogP contribution < -0.4 is 5.32 Å². The molecule has 3 saturated heterocycles. The van der Waals surface area contributed by atoms with Gasteiger partial charge in [0.05, 0.1) is 31.4 Å². The fourth-order valence-corrected chi connectivity index (χ4v) is 5.69. The molecule has 1 unspecified atom stereocenters. The maximum absolute atomic E-state index is 5.80. The van der Waals surface area contributed by atoms with Crippen LogP contribution in [0.4, 0.5) is 0 Å². The average molecular weight is 513 g/mol. The van der Waals surface area contributed by atoms with Crippen molar-refractivity contribution in [1.29, 1.82) is 0 Å². The number of morpholine rings is 1. The Bertz CT molecular complexity index is 449. The number of ether oxygens (including phenoxy) is 2. The predicted octanol–water partition coefficient (Wildman–Crippen LogP) is 2.28. The van der Waals surface area contributed by atoms with E-state index in [2.05, 4.69) is 40.7 Å². The molecule has 0 amide bonds. The van der Waals surface area contributed by atoms with Gasteiger partial charge in [0.25, 0.3) is 0 Å². The third-order valence-electron chi connectivity index (χ3n) is 5.77. The molecule has 8 heteroatoms. The number of aliphatic imine (C=N–C) groups is 1. The van der Waals surface area contributed by atoms with Crippen LogP contribution in [0.3, 0.4) is 0 Å². The molecule has 3 fully saturated rings. The highest BCUT2D eigenvalue weighted by atomic mass is 127. The number of nitrogens with one attached hydrogen (secondary N) is 1. The minimum absolute atomic E-state index is 0. The van der Waals surface area contributed by atoms with Crippen LogP contribution in [0.1, 0.15) is 33.1 Å². The number of hydrogen-bond acceptors (Lipinski definition) is 5. The zero-order chi connectivity index (χ0) is 18.2. The molecular weight excluding hydrogens is 475 g/mol. The lowest BCUT2D eigenvalue weighted by atomic mass is 9.96. The third kappa shape index (κ3) is 6.35. The molecule has 1 N–H and O–H groups in total. The Morgan fingerprint density at radius 3 is 2.56 bits per heavy atom. The average Bonchev–Trinajstić information content (AvgIpc) is 3.17. The molecule has 158 valence electrons. The van der Waals surface area contributed by atoms with E-state index in [9.17, 15) is 0 Å². The number of halogens is 1. The molecule has 3 rings (SSSR count). The van der Waals surface area contributed by atoms with Crippen LogP contribution in [0.5, 0.6) is 0 Å². The lowest BCUT2D eigenvalue weighted by Gasteiger charge is -2.42. The zero-order valence-corrected chi connectivity index (χ0v) is 20.1. The largest absolute Gasteiger partial charge is 0.379 e. The zero-order valence-electron chi connectivity index (χ0n) is 17.0. The van der Waals surface area contributed by atoms with E-state index in [0.717, 1.165) is 77.9 Å². The van der Waals surface area contributed by atoms with Crippen LogP contribution in [-0.2, 0) is 9.47 Å². The Kier molecular flexibility index (Phi) is 10.5. The minimum Gasteiger partial charge on any atom is -0.379 e. The minimum atomic E-state index is 0. The van der Waals surface area contributed by atoms with E-state index in [0.29, 0.717) is 6.10 Å². The highest BCUT2D eigenvalue weighted by Crippen LogP contribution is 2.34. The Morgan fingerprint density at radius 2 is 1.96 bits per heavy atom. The molecule has 0 aromatic heterocycles. The summed E-state index contributed by atoms with van der Waals surface area (Å²) in [5, 5.41) is 3.53. The monoisotopic (exact) mass is 512 g/mol. The summed E-state index contributed by atoms with van der Waals surface area (Å²) in [6, 6.07) is 0. The van der Waals surface area contributed by atoms with Crippen LogP contribution in [0.2, 0.25) is 0 Å². The van der Waals surface area contributed by atoms with Gasteiger partial charge in [-0.1, -0.05) is 0 Å². The van der Waals surface area contributed by atoms with Crippen molar-refractivity contribution in [3.05, 3.63) is 0 Å². The van der Waals surface area contributed by atoms with E-state index in [1.807, 2.05) is 0 Å². The quantitative estimate of drug-likeness (QED) is 0.335. The second-order valence-corrected chi connectivity index (χ2v) is 8.54. The lowest BCUT2D eigenvalue weighted by molar-refractivity contribution is -0.0105. The molecule has 0 saturated carbocycles. The van der Waals surface area contributed by atoms with Gasteiger partial charge in [-0.15, -0.1) is 24.0 Å². The molecule has 0 spiro atoms. The number of guanidine groups is 1. The molecule has 0 bridgehead atoms. The first-order chi connectivity index (χ1) is 12.8. The van der Waals surface area contributed by atoms with Gasteiger partial charge in [-0.25, -0.2) is 0 Å². The fraction of sp³-hybridized carbons (Fsp3) is 0.947. The summed E-state index contributed by atoms with van der Waals surface area (Å²) in [6.45, 7) is 12.8. The van der Waals surface area contributed by atoms with E-state index >= 15 is 0 Å². The molecule has 0 aromatic carbocycles. The van der Waals surface area contributed by atoms with Gasteiger partial charge in [0.2, 0.25) is 0 Å². The van der Waals surface area contributed by atoms with E-state index in [4.69, 9.17) is 14.5 Å². The van der Waals surface area contributed by atoms with Crippen molar-refractivity contribution in [2.24, 2.45) is 4.99 Å². The molecule has 3 aliphatic heterocycles. The first-order valence-electron chi connectivity index (χ1n) is 10.3. The lowest BCUT2D eigenvalue weighted by Crippen LogP contribution is -2.56. The summed E-state index contributed by atoms with van der Waals surface area (Å²) in [4.78, 5) is 10.2. The van der Waals surface area contributed by atoms with Gasteiger partial charge in [0, 0.05) is 45.1 Å². The number of rotatable bonds is 6. The van der Waals surface area contributed by atoms with Crippen molar-refractivity contribution >= 4 is 41.7 Å². The van der Waals surface area contributed by atoms with Gasteiger partial charge in [-0.05, 0) is 38.9 Å². The van der Waals surface area contributed by atoms with Gasteiger partial charge in [-0.2, -0.15) is 11.8 Å². The third-order valence-corrected chi connectivity index (χ3v) is 7.00. The van der Waals surface area contributed by atoms with Crippen molar-refractivity contribution in [3.63, 3.8) is 0 Å². The van der Waals surface area contributed by atoms with Crippen molar-refractivity contribution in [2.45, 2.75) is 44.8 Å². The number of piperidine rings is 1. The second-order valence-electron chi connectivity index (χ2n) is 7.44. The first-order valence-corrected chi connectivity index (χ1v) is 11.5. The normalized spacial score (nSPS) is 28.2. The van der Waals surface area contributed by atoms with Crippen LogP contribution in [0, 0.1) is 0 Å². The van der Waals surface area contributed by atoms with Gasteiger partial charge in [0.15, 0.2) is 5.96 Å². The van der Waals surface area contributed by atoms with E-state index in [1.54, 1.807) is 0 Å². The standard InChI is InChI=1S/C19H36N4O2S.HI/c1-3-20-18(22-8-5-17(6-9-22)25-4-2)21-15-19(7-14-26-16-19)23-10-12-24-13-11-23;/h17H,3-16H2,1-2H3,(H,20,21);1H. The Balaban J connectivity index is 0.00000261. The molecule has 0 aliphatic carbocycles. The summed E-state index contributed by atoms with van der Waals surface area (Å²) in [5.74, 6) is 3.54. The molecule has 1 atom stereocenters. The van der Waals surface area contributed by atoms with Crippen molar-refractivity contribution in [1.82, 2.24) is 15.1 Å². The summed E-state index contributed by atoms with van der Waals surface area (Å²) in [6.07, 6.45) is 3.86. The summed E-state index contributed by atoms with van der Waals surface area (Å²) in [7, 11) is 0. The SMILES string of the molecule is CCNC(=NCC1(N2CCOCC2)CCSC1)N1CCC(OCC)CC1.I. The van der Waals surface area contributed by atoms with Gasteiger partial charge in [-0.3, -0.25) is 9.89 Å². The van der Waals surface area contributed by atoms with Crippen molar-refractivity contribution < 1.29 is 9.47 Å². The Labute approximate surface area is 186 Å². The highest BCUT2D eigenvalue weighted by Gasteiger charge is 2.40. The number of nitrogens with zero attached hydrogens (tertiary/aromatic N) is 3. The molecule has 3 aliphatic rings. The predicted molar refractivity (Wildman–Crippen MR) is 125 cm³/mol. The van der Waals surface area contributed by atoms with Crippen LogP contribution >= 0.6 is 35.7 Å². The second kappa shape index (κ2) is 12.0. The van der Waals surface area contributed by atoms with E-state index in [-0.39, 0.29) is 29.5 Å². The summed E-state index contributed by atoms with van der Waals surface area (Å²) < 4.78 is 11.4. The fourth-order valence-electron chi connectivity index (χ4n) is 4.23. The van der Waals surface area contributed by atoms with Crippen molar-refractivity contribution in [3.8, 4) is 0 Å². The number of hydrogen-bond donors (Lipinski definition) is 1. The maximum atomic E-state index is 5.80. The highest BCUT2D eigenvalue weighted by molar-refractivity contribution is 14.0. The number of likely N-dealkylation sites (tertiary alicyclic amines) is 1. The smallest absolute Gasteiger partial charge is 0.193 e. The topological polar surface area (TPSA) is 49.3 Å². The van der Waals surface area contributed by atoms with Crippen LogP contribution in [-0.4, -0.2) is 98.0 Å². The van der Waals surface area contributed by atoms with Gasteiger partial charge < -0.3 is 19.7 Å². The first kappa shape index (κ1) is 23.5. The van der Waals surface area contributed by atoms with Crippen molar-refractivity contribution in [2.75, 3.05) is 70.6 Å². The Morgan fingerprint density at radius 1 is 1.22 bits per heavy atom. The van der Waals surface area contributed by atoms with Gasteiger partial charge >= 0.3 is 0 Å². The van der Waals surface area contributed by atoms with E-state index < -0.39 is 0 Å². The molecule has 6 nitrogen and oxygen atoms in total. The molecular formula is C19H37IN4O2S. The summed E-state index contributed by atoms with van der Waals surface area (Å²) in [5.41, 5.74) is 0.221. The maximum Gasteiger partial charge on any atom is 0.193 e. The van der Waals surface area contributed by atoms with Gasteiger partial charge in [0.1, 0.15) is 0 Å². The van der Waals surface area contributed by atoms with E-state index in [1.165, 1.54) is 17.9 Å². The molecule has 3 heterocycles. The van der Waals surface area contributed by atoms with Crippen LogP contribution in [0.15, 0.2) is 4.99 Å². The number of thioether (sulfide) groups is 1. The molecule has 0 radical (unpaired) electrons. The summed E-state index contributed by atoms with van der Waals surface area (Å²) >= 11 is 2.08. The molecule has 0 aromatic rings.